The molecule has 0 saturated heterocycles. The number of hydrogen-bond acceptors (Lipinski definition) is 2. The Labute approximate surface area is 100 Å². The van der Waals surface area contributed by atoms with Gasteiger partial charge in [0.1, 0.15) is 5.52 Å². The third-order valence-electron chi connectivity index (χ3n) is 3.35. The summed E-state index contributed by atoms with van der Waals surface area (Å²) >= 11 is 0. The molecule has 0 aliphatic heterocycles. The van der Waals surface area contributed by atoms with Crippen LogP contribution in [0.15, 0.2) is 18.2 Å². The molecule has 0 atom stereocenters. The van der Waals surface area contributed by atoms with Crippen molar-refractivity contribution in [3.63, 3.8) is 0 Å². The van der Waals surface area contributed by atoms with Crippen LogP contribution in [0.4, 0.5) is 10.3 Å². The standard InChI is InChI=1S/C13H18FN3/c1-3-9(4-2)8-17-11-7-5-6-10(14)12(11)16-13(17)15/h5-7,9H,3-4,8H2,1-2H3,(H2,15,16). The number of nitrogen functional groups attached to an aromatic ring is 1. The number of benzene rings is 1. The van der Waals surface area contributed by atoms with Gasteiger partial charge in [-0.3, -0.25) is 0 Å². The monoisotopic (exact) mass is 235 g/mol. The van der Waals surface area contributed by atoms with Crippen molar-refractivity contribution in [2.75, 3.05) is 5.73 Å². The van der Waals surface area contributed by atoms with Gasteiger partial charge in [0.25, 0.3) is 0 Å². The zero-order chi connectivity index (χ0) is 12.4. The van der Waals surface area contributed by atoms with Gasteiger partial charge < -0.3 is 10.3 Å². The van der Waals surface area contributed by atoms with Gasteiger partial charge in [0, 0.05) is 6.54 Å². The maximum atomic E-state index is 13.5. The van der Waals surface area contributed by atoms with E-state index < -0.39 is 0 Å². The summed E-state index contributed by atoms with van der Waals surface area (Å²) in [4.78, 5) is 4.10. The number of fused-ring (bicyclic) bond motifs is 1. The van der Waals surface area contributed by atoms with Crippen LogP contribution in [0, 0.1) is 11.7 Å². The van der Waals surface area contributed by atoms with Gasteiger partial charge in [0.2, 0.25) is 5.95 Å². The van der Waals surface area contributed by atoms with E-state index in [4.69, 9.17) is 5.73 Å². The molecule has 2 rings (SSSR count). The first-order valence-corrected chi connectivity index (χ1v) is 6.07. The highest BCUT2D eigenvalue weighted by atomic mass is 19.1. The van der Waals surface area contributed by atoms with Gasteiger partial charge in [-0.2, -0.15) is 0 Å². The largest absolute Gasteiger partial charge is 0.369 e. The van der Waals surface area contributed by atoms with Gasteiger partial charge in [-0.25, -0.2) is 9.37 Å². The van der Waals surface area contributed by atoms with Crippen LogP contribution in [-0.2, 0) is 6.54 Å². The summed E-state index contributed by atoms with van der Waals surface area (Å²) in [6, 6.07) is 4.97. The van der Waals surface area contributed by atoms with E-state index in [1.54, 1.807) is 6.07 Å². The number of nitrogens with zero attached hydrogens (tertiary/aromatic N) is 2. The molecule has 3 nitrogen and oxygen atoms in total. The normalized spacial score (nSPS) is 11.5. The number of aromatic nitrogens is 2. The van der Waals surface area contributed by atoms with E-state index in [1.165, 1.54) is 6.07 Å². The van der Waals surface area contributed by atoms with E-state index in [1.807, 2.05) is 10.6 Å². The molecule has 1 aromatic heterocycles. The van der Waals surface area contributed by atoms with E-state index >= 15 is 0 Å². The predicted molar refractivity (Wildman–Crippen MR) is 68.2 cm³/mol. The molecule has 1 aromatic carbocycles. The van der Waals surface area contributed by atoms with Crippen LogP contribution in [0.2, 0.25) is 0 Å². The minimum atomic E-state index is -0.308. The number of imidazole rings is 1. The van der Waals surface area contributed by atoms with Crippen molar-refractivity contribution >= 4 is 17.0 Å². The Kier molecular flexibility index (Phi) is 3.31. The maximum Gasteiger partial charge on any atom is 0.201 e. The van der Waals surface area contributed by atoms with E-state index in [9.17, 15) is 4.39 Å². The molecule has 0 spiro atoms. The summed E-state index contributed by atoms with van der Waals surface area (Å²) in [6.45, 7) is 5.12. The molecule has 0 aliphatic carbocycles. The quantitative estimate of drug-likeness (QED) is 0.884. The predicted octanol–water partition coefficient (Wildman–Crippen LogP) is 3.19. The molecule has 2 N–H and O–H groups in total. The van der Waals surface area contributed by atoms with Crippen LogP contribution in [0.3, 0.4) is 0 Å². The SMILES string of the molecule is CCC(CC)Cn1c(N)nc2c(F)cccc21. The fraction of sp³-hybridized carbons (Fsp3) is 0.462. The fourth-order valence-electron chi connectivity index (χ4n) is 2.13. The molecule has 0 bridgehead atoms. The Bertz CT molecular complexity index is 515. The van der Waals surface area contributed by atoms with Crippen molar-refractivity contribution in [2.45, 2.75) is 33.2 Å². The minimum Gasteiger partial charge on any atom is -0.369 e. The number of para-hydroxylation sites is 1. The topological polar surface area (TPSA) is 43.8 Å². The van der Waals surface area contributed by atoms with Crippen LogP contribution in [0.1, 0.15) is 26.7 Å². The molecule has 2 aromatic rings. The number of nitrogens with two attached hydrogens (primary N) is 1. The van der Waals surface area contributed by atoms with Gasteiger partial charge in [-0.05, 0) is 18.1 Å². The molecule has 17 heavy (non-hydrogen) atoms. The van der Waals surface area contributed by atoms with E-state index in [-0.39, 0.29) is 5.82 Å². The second kappa shape index (κ2) is 4.73. The zero-order valence-electron chi connectivity index (χ0n) is 10.3. The van der Waals surface area contributed by atoms with Gasteiger partial charge in [0.05, 0.1) is 5.52 Å². The minimum absolute atomic E-state index is 0.308. The summed E-state index contributed by atoms with van der Waals surface area (Å²) in [5, 5.41) is 0. The van der Waals surface area contributed by atoms with Crippen molar-refractivity contribution in [1.82, 2.24) is 9.55 Å². The molecule has 0 radical (unpaired) electrons. The van der Waals surface area contributed by atoms with Crippen LogP contribution in [0.25, 0.3) is 11.0 Å². The summed E-state index contributed by atoms with van der Waals surface area (Å²) in [7, 11) is 0. The van der Waals surface area contributed by atoms with Gasteiger partial charge in [-0.1, -0.05) is 32.8 Å². The Morgan fingerprint density at radius 1 is 1.35 bits per heavy atom. The summed E-state index contributed by atoms with van der Waals surface area (Å²) < 4.78 is 15.5. The Hall–Kier alpha value is -1.58. The van der Waals surface area contributed by atoms with Gasteiger partial charge in [-0.15, -0.1) is 0 Å². The first-order chi connectivity index (χ1) is 8.17. The first kappa shape index (κ1) is 11.9. The Morgan fingerprint density at radius 3 is 2.71 bits per heavy atom. The highest BCUT2D eigenvalue weighted by molar-refractivity contribution is 5.78. The lowest BCUT2D eigenvalue weighted by atomic mass is 10.0. The van der Waals surface area contributed by atoms with Crippen molar-refractivity contribution in [3.8, 4) is 0 Å². The van der Waals surface area contributed by atoms with Gasteiger partial charge in [0.15, 0.2) is 5.82 Å². The molecule has 92 valence electrons. The van der Waals surface area contributed by atoms with Crippen LogP contribution < -0.4 is 5.73 Å². The second-order valence-electron chi connectivity index (χ2n) is 4.37. The molecule has 1 heterocycles. The number of anilines is 1. The van der Waals surface area contributed by atoms with Crippen molar-refractivity contribution in [1.29, 1.82) is 0 Å². The maximum absolute atomic E-state index is 13.5. The third-order valence-corrected chi connectivity index (χ3v) is 3.35. The lowest BCUT2D eigenvalue weighted by Crippen LogP contribution is -2.11. The fourth-order valence-corrected chi connectivity index (χ4v) is 2.13. The molecular weight excluding hydrogens is 217 g/mol. The highest BCUT2D eigenvalue weighted by Crippen LogP contribution is 2.23. The molecular formula is C13H18FN3. The number of halogens is 1. The lowest BCUT2D eigenvalue weighted by molar-refractivity contribution is 0.427. The molecule has 0 fully saturated rings. The van der Waals surface area contributed by atoms with E-state index in [2.05, 4.69) is 18.8 Å². The molecule has 0 saturated carbocycles. The average Bonchev–Trinajstić information content (AvgIpc) is 2.64. The van der Waals surface area contributed by atoms with Crippen molar-refractivity contribution < 1.29 is 4.39 Å². The summed E-state index contributed by atoms with van der Waals surface area (Å²) in [6.07, 6.45) is 2.18. The molecule has 0 unspecified atom stereocenters. The Morgan fingerprint density at radius 2 is 2.06 bits per heavy atom. The van der Waals surface area contributed by atoms with Crippen molar-refractivity contribution in [2.24, 2.45) is 5.92 Å². The lowest BCUT2D eigenvalue weighted by Gasteiger charge is -2.14. The van der Waals surface area contributed by atoms with E-state index in [0.29, 0.717) is 17.4 Å². The molecule has 4 heteroatoms. The smallest absolute Gasteiger partial charge is 0.201 e. The number of rotatable bonds is 4. The van der Waals surface area contributed by atoms with Crippen LogP contribution >= 0.6 is 0 Å². The van der Waals surface area contributed by atoms with Crippen LogP contribution in [-0.4, -0.2) is 9.55 Å². The zero-order valence-corrected chi connectivity index (χ0v) is 10.3. The molecule has 0 amide bonds. The summed E-state index contributed by atoms with van der Waals surface area (Å²) in [5.74, 6) is 0.646. The first-order valence-electron chi connectivity index (χ1n) is 6.07. The molecule has 0 aliphatic rings. The summed E-state index contributed by atoms with van der Waals surface area (Å²) in [5.41, 5.74) is 7.02. The Balaban J connectivity index is 2.46. The van der Waals surface area contributed by atoms with E-state index in [0.717, 1.165) is 24.9 Å². The van der Waals surface area contributed by atoms with Crippen LogP contribution in [0.5, 0.6) is 0 Å². The second-order valence-corrected chi connectivity index (χ2v) is 4.37. The highest BCUT2D eigenvalue weighted by Gasteiger charge is 2.14. The van der Waals surface area contributed by atoms with Gasteiger partial charge >= 0.3 is 0 Å². The third kappa shape index (κ3) is 2.12. The van der Waals surface area contributed by atoms with Crippen molar-refractivity contribution in [3.05, 3.63) is 24.0 Å². The number of hydrogen-bond donors (Lipinski definition) is 1. The average molecular weight is 235 g/mol.